The van der Waals surface area contributed by atoms with Gasteiger partial charge in [-0.15, -0.1) is 0 Å². The van der Waals surface area contributed by atoms with Gasteiger partial charge in [0, 0.05) is 0 Å². The molecule has 0 atom stereocenters. The fraction of sp³-hybridized carbons (Fsp3) is 0.778. The summed E-state index contributed by atoms with van der Waals surface area (Å²) in [6.07, 6.45) is 1.93. The van der Waals surface area contributed by atoms with E-state index in [1.165, 1.54) is 0 Å². The molecule has 0 spiro atoms. The van der Waals surface area contributed by atoms with Gasteiger partial charge in [-0.2, -0.15) is 0 Å². The van der Waals surface area contributed by atoms with Crippen molar-refractivity contribution in [3.8, 4) is 0 Å². The number of aliphatic hydroxyl groups is 1. The van der Waals surface area contributed by atoms with Crippen molar-refractivity contribution < 1.29 is 22.0 Å². The van der Waals surface area contributed by atoms with Crippen LogP contribution in [0.5, 0.6) is 0 Å². The maximum atomic E-state index is 8.84. The van der Waals surface area contributed by atoms with E-state index in [2.05, 4.69) is 20.4 Å². The second kappa shape index (κ2) is 7.59. The second-order valence-electron chi connectivity index (χ2n) is 2.89. The topological polar surface area (TPSA) is 20.2 Å². The van der Waals surface area contributed by atoms with Crippen molar-refractivity contribution >= 4 is 0 Å². The number of hydrogen-bond donors (Lipinski definition) is 1. The normalized spacial score (nSPS) is 10.6. The quantitative estimate of drug-likeness (QED) is 0.383. The number of quaternary nitrogens is 1. The molecule has 3 heteroatoms. The molecular formula is C9H20ClNO. The minimum Gasteiger partial charge on any atom is -1.00 e. The summed E-state index contributed by atoms with van der Waals surface area (Å²) in [5, 5.41) is 8.84. The summed E-state index contributed by atoms with van der Waals surface area (Å²) in [6.45, 7) is 12.3. The summed E-state index contributed by atoms with van der Waals surface area (Å²) in [5.41, 5.74) is 0. The fourth-order valence-electron chi connectivity index (χ4n) is 1.38. The Morgan fingerprint density at radius 2 is 1.83 bits per heavy atom. The van der Waals surface area contributed by atoms with Crippen LogP contribution in [0.4, 0.5) is 0 Å². The average molecular weight is 194 g/mol. The summed E-state index contributed by atoms with van der Waals surface area (Å²) >= 11 is 0. The molecule has 0 bridgehead atoms. The lowest BCUT2D eigenvalue weighted by atomic mass is 10.3. The molecule has 0 aromatic rings. The average Bonchev–Trinajstić information content (AvgIpc) is 2.04. The van der Waals surface area contributed by atoms with Gasteiger partial charge in [-0.05, 0) is 19.9 Å². The van der Waals surface area contributed by atoms with E-state index in [0.29, 0.717) is 0 Å². The Hall–Kier alpha value is -0.0500. The lowest BCUT2D eigenvalue weighted by Crippen LogP contribution is -3.00. The first-order valence-electron chi connectivity index (χ1n) is 4.31. The lowest BCUT2D eigenvalue weighted by Gasteiger charge is -2.35. The summed E-state index contributed by atoms with van der Waals surface area (Å²) in [5.74, 6) is 0. The Morgan fingerprint density at radius 1 is 1.33 bits per heavy atom. The molecule has 0 aromatic heterocycles. The van der Waals surface area contributed by atoms with Crippen LogP contribution in [0.3, 0.4) is 0 Å². The van der Waals surface area contributed by atoms with E-state index in [4.69, 9.17) is 5.11 Å². The van der Waals surface area contributed by atoms with Crippen molar-refractivity contribution in [1.29, 1.82) is 0 Å². The van der Waals surface area contributed by atoms with E-state index in [1.807, 2.05) is 6.08 Å². The smallest absolute Gasteiger partial charge is 0.102 e. The third-order valence-electron chi connectivity index (χ3n) is 2.43. The van der Waals surface area contributed by atoms with Crippen molar-refractivity contribution in [3.05, 3.63) is 12.7 Å². The number of hydrogen-bond acceptors (Lipinski definition) is 1. The van der Waals surface area contributed by atoms with Crippen molar-refractivity contribution in [2.24, 2.45) is 0 Å². The Bertz CT molecular complexity index is 113. The first-order valence-corrected chi connectivity index (χ1v) is 4.31. The number of nitrogens with zero attached hydrogens (tertiary/aromatic N) is 1. The highest BCUT2D eigenvalue weighted by Gasteiger charge is 2.19. The lowest BCUT2D eigenvalue weighted by molar-refractivity contribution is -0.919. The molecule has 0 saturated carbocycles. The van der Waals surface area contributed by atoms with Crippen LogP contribution in [0.15, 0.2) is 12.7 Å². The Labute approximate surface area is 81.9 Å². The van der Waals surface area contributed by atoms with Crippen LogP contribution in [0.25, 0.3) is 0 Å². The van der Waals surface area contributed by atoms with Crippen LogP contribution in [-0.2, 0) is 0 Å². The van der Waals surface area contributed by atoms with Gasteiger partial charge >= 0.3 is 0 Å². The van der Waals surface area contributed by atoms with Crippen LogP contribution in [-0.4, -0.2) is 42.4 Å². The van der Waals surface area contributed by atoms with Gasteiger partial charge < -0.3 is 22.0 Å². The summed E-state index contributed by atoms with van der Waals surface area (Å²) < 4.78 is 0.958. The Kier molecular flexibility index (Phi) is 9.16. The maximum Gasteiger partial charge on any atom is 0.102 e. The molecule has 0 aliphatic carbocycles. The monoisotopic (exact) mass is 193 g/mol. The van der Waals surface area contributed by atoms with Crippen LogP contribution >= 0.6 is 0 Å². The molecule has 0 amide bonds. The number of likely N-dealkylation sites (N-methyl/N-ethyl adjacent to an activating group) is 1. The molecule has 0 radical (unpaired) electrons. The van der Waals surface area contributed by atoms with E-state index in [0.717, 1.165) is 30.7 Å². The number of aliphatic hydroxyl groups excluding tert-OH is 1. The van der Waals surface area contributed by atoms with Gasteiger partial charge in [-0.3, -0.25) is 0 Å². The molecular weight excluding hydrogens is 174 g/mol. The van der Waals surface area contributed by atoms with E-state index in [1.54, 1.807) is 0 Å². The van der Waals surface area contributed by atoms with Crippen molar-refractivity contribution in [3.63, 3.8) is 0 Å². The zero-order valence-corrected chi connectivity index (χ0v) is 8.85. The van der Waals surface area contributed by atoms with Gasteiger partial charge in [0.25, 0.3) is 0 Å². The molecule has 0 saturated heterocycles. The largest absolute Gasteiger partial charge is 1.00 e. The van der Waals surface area contributed by atoms with E-state index in [-0.39, 0.29) is 19.0 Å². The first kappa shape index (κ1) is 14.5. The summed E-state index contributed by atoms with van der Waals surface area (Å²) in [7, 11) is 0. The predicted molar refractivity (Wildman–Crippen MR) is 48.4 cm³/mol. The van der Waals surface area contributed by atoms with Crippen LogP contribution in [0.2, 0.25) is 0 Å². The van der Waals surface area contributed by atoms with Crippen LogP contribution < -0.4 is 12.4 Å². The van der Waals surface area contributed by atoms with E-state index in [9.17, 15) is 0 Å². The second-order valence-corrected chi connectivity index (χ2v) is 2.89. The molecule has 12 heavy (non-hydrogen) atoms. The molecule has 0 unspecified atom stereocenters. The predicted octanol–water partition coefficient (Wildman–Crippen LogP) is -1.97. The molecule has 74 valence electrons. The number of rotatable bonds is 6. The fourth-order valence-corrected chi connectivity index (χ4v) is 1.38. The molecule has 0 aromatic carbocycles. The van der Waals surface area contributed by atoms with E-state index >= 15 is 0 Å². The summed E-state index contributed by atoms with van der Waals surface area (Å²) in [6, 6.07) is 0. The molecule has 0 rings (SSSR count). The van der Waals surface area contributed by atoms with Gasteiger partial charge in [0.05, 0.1) is 26.2 Å². The summed E-state index contributed by atoms with van der Waals surface area (Å²) in [4.78, 5) is 0. The zero-order chi connectivity index (χ0) is 8.74. The molecule has 0 aliphatic rings. The highest BCUT2D eigenvalue weighted by Crippen LogP contribution is 2.04. The SMILES string of the molecule is C=CC[N+](CC)(CC)CCO.[Cl-]. The highest BCUT2D eigenvalue weighted by atomic mass is 35.5. The van der Waals surface area contributed by atoms with E-state index < -0.39 is 0 Å². The van der Waals surface area contributed by atoms with Gasteiger partial charge in [0.1, 0.15) is 6.54 Å². The minimum atomic E-state index is 0. The van der Waals surface area contributed by atoms with Gasteiger partial charge in [-0.1, -0.05) is 6.58 Å². The zero-order valence-electron chi connectivity index (χ0n) is 8.09. The molecule has 2 nitrogen and oxygen atoms in total. The van der Waals surface area contributed by atoms with Crippen molar-refractivity contribution in [1.82, 2.24) is 0 Å². The first-order chi connectivity index (χ1) is 5.24. The number of halogens is 1. The van der Waals surface area contributed by atoms with Gasteiger partial charge in [0.15, 0.2) is 0 Å². The molecule has 0 heterocycles. The van der Waals surface area contributed by atoms with Gasteiger partial charge in [0.2, 0.25) is 0 Å². The van der Waals surface area contributed by atoms with Crippen LogP contribution in [0, 0.1) is 0 Å². The van der Waals surface area contributed by atoms with Gasteiger partial charge in [-0.25, -0.2) is 0 Å². The highest BCUT2D eigenvalue weighted by molar-refractivity contribution is 4.65. The maximum absolute atomic E-state index is 8.84. The Morgan fingerprint density at radius 3 is 2.08 bits per heavy atom. The van der Waals surface area contributed by atoms with Crippen molar-refractivity contribution in [2.75, 3.05) is 32.8 Å². The van der Waals surface area contributed by atoms with Crippen LogP contribution in [0.1, 0.15) is 13.8 Å². The molecule has 0 aliphatic heterocycles. The van der Waals surface area contributed by atoms with Crippen molar-refractivity contribution in [2.45, 2.75) is 13.8 Å². The minimum absolute atomic E-state index is 0. The third-order valence-corrected chi connectivity index (χ3v) is 2.43. The Balaban J connectivity index is 0. The molecule has 0 fully saturated rings. The third kappa shape index (κ3) is 4.10. The standard InChI is InChI=1S/C9H20NO.ClH/c1-4-7-10(5-2,6-3)8-9-11;/h4,11H,1,5-9H2,2-3H3;1H/q+1;/p-1. The molecule has 1 N–H and O–H groups in total.